The van der Waals surface area contributed by atoms with Gasteiger partial charge < -0.3 is 19.9 Å². The molecule has 3 aromatic rings. The quantitative estimate of drug-likeness (QED) is 0.679. The summed E-state index contributed by atoms with van der Waals surface area (Å²) in [4.78, 5) is 8.48. The van der Waals surface area contributed by atoms with Gasteiger partial charge in [-0.05, 0) is 24.5 Å². The SMILES string of the molecule is CC(C)c1c2cc(-c3nc(N[C@@H]4C[C@H]5CO[C@H](O5)[C@H]4O)ncc3F)ccc2nn1C. The Morgan fingerprint density at radius 3 is 2.97 bits per heavy atom. The van der Waals surface area contributed by atoms with E-state index in [0.717, 1.165) is 22.8 Å². The van der Waals surface area contributed by atoms with Crippen LogP contribution in [0.1, 0.15) is 31.9 Å². The van der Waals surface area contributed by atoms with Crippen LogP contribution in [0.5, 0.6) is 0 Å². The molecule has 0 saturated carbocycles. The van der Waals surface area contributed by atoms with Gasteiger partial charge in [-0.25, -0.2) is 14.4 Å². The second kappa shape index (κ2) is 7.26. The van der Waals surface area contributed by atoms with Gasteiger partial charge in [-0.15, -0.1) is 0 Å². The van der Waals surface area contributed by atoms with Crippen LogP contribution in [0.4, 0.5) is 10.3 Å². The molecular formula is C21H24FN5O3. The predicted molar refractivity (Wildman–Crippen MR) is 108 cm³/mol. The maximum Gasteiger partial charge on any atom is 0.223 e. The van der Waals surface area contributed by atoms with Crippen molar-refractivity contribution in [3.63, 3.8) is 0 Å². The van der Waals surface area contributed by atoms with E-state index in [1.54, 1.807) is 0 Å². The van der Waals surface area contributed by atoms with Gasteiger partial charge in [0.1, 0.15) is 11.8 Å². The summed E-state index contributed by atoms with van der Waals surface area (Å²) in [6, 6.07) is 5.28. The van der Waals surface area contributed by atoms with Crippen LogP contribution in [-0.2, 0) is 16.5 Å². The number of aryl methyl sites for hydroxylation is 1. The highest BCUT2D eigenvalue weighted by molar-refractivity contribution is 5.86. The maximum absolute atomic E-state index is 14.6. The van der Waals surface area contributed by atoms with Crippen molar-refractivity contribution < 1.29 is 19.0 Å². The fourth-order valence-electron chi connectivity index (χ4n) is 4.38. The van der Waals surface area contributed by atoms with Crippen molar-refractivity contribution in [1.29, 1.82) is 0 Å². The van der Waals surface area contributed by atoms with Gasteiger partial charge in [0.2, 0.25) is 5.95 Å². The standard InChI is InChI=1S/C21H24FN5O3/c1-10(2)18-13-6-11(4-5-15(13)26-27(18)3)17-14(22)8-23-21(25-17)24-16-7-12-9-29-20(30-12)19(16)28/h4-6,8,10,12,16,19-20,28H,7,9H2,1-3H3,(H,23,24,25)/t12-,16+,19-,20+/m0/s1. The normalized spacial score (nSPS) is 25.9. The van der Waals surface area contributed by atoms with Gasteiger partial charge in [-0.3, -0.25) is 4.68 Å². The first-order valence-corrected chi connectivity index (χ1v) is 10.1. The van der Waals surface area contributed by atoms with Gasteiger partial charge in [-0.1, -0.05) is 19.9 Å². The predicted octanol–water partition coefficient (Wildman–Crippen LogP) is 2.58. The first-order valence-electron chi connectivity index (χ1n) is 10.1. The molecule has 5 rings (SSSR count). The number of aromatic nitrogens is 4. The lowest BCUT2D eigenvalue weighted by molar-refractivity contribution is -0.156. The molecule has 8 nitrogen and oxygen atoms in total. The average Bonchev–Trinajstić information content (AvgIpc) is 3.27. The minimum atomic E-state index is -0.846. The lowest BCUT2D eigenvalue weighted by atomic mass is 10.0. The number of aliphatic hydroxyl groups excluding tert-OH is 1. The van der Waals surface area contributed by atoms with E-state index in [0.29, 0.717) is 18.6 Å². The third-order valence-electron chi connectivity index (χ3n) is 5.74. The van der Waals surface area contributed by atoms with Crippen LogP contribution in [0.2, 0.25) is 0 Å². The Balaban J connectivity index is 1.48. The van der Waals surface area contributed by atoms with Gasteiger partial charge in [0.15, 0.2) is 12.1 Å². The minimum Gasteiger partial charge on any atom is -0.386 e. The van der Waals surface area contributed by atoms with E-state index < -0.39 is 18.2 Å². The number of anilines is 1. The summed E-state index contributed by atoms with van der Waals surface area (Å²) in [6.45, 7) is 4.66. The molecule has 4 heterocycles. The number of hydrogen-bond acceptors (Lipinski definition) is 7. The first kappa shape index (κ1) is 19.3. The number of ether oxygens (including phenoxy) is 2. The fourth-order valence-corrected chi connectivity index (χ4v) is 4.38. The summed E-state index contributed by atoms with van der Waals surface area (Å²) in [7, 11) is 1.92. The summed E-state index contributed by atoms with van der Waals surface area (Å²) in [5.41, 5.74) is 2.80. The zero-order valence-corrected chi connectivity index (χ0v) is 17.0. The largest absolute Gasteiger partial charge is 0.386 e. The van der Waals surface area contributed by atoms with E-state index in [9.17, 15) is 9.50 Å². The summed E-state index contributed by atoms with van der Waals surface area (Å²) in [6.07, 6.45) is 0.147. The molecule has 2 N–H and O–H groups in total. The van der Waals surface area contributed by atoms with E-state index in [4.69, 9.17) is 9.47 Å². The number of fused-ring (bicyclic) bond motifs is 3. The van der Waals surface area contributed by atoms with Crippen molar-refractivity contribution in [2.75, 3.05) is 11.9 Å². The Morgan fingerprint density at radius 1 is 1.33 bits per heavy atom. The zero-order chi connectivity index (χ0) is 21.0. The molecule has 2 saturated heterocycles. The van der Waals surface area contributed by atoms with Crippen molar-refractivity contribution in [1.82, 2.24) is 19.7 Å². The molecule has 2 aromatic heterocycles. The molecule has 0 amide bonds. The molecule has 4 atom stereocenters. The average molecular weight is 413 g/mol. The van der Waals surface area contributed by atoms with Gasteiger partial charge in [-0.2, -0.15) is 5.10 Å². The summed E-state index contributed by atoms with van der Waals surface area (Å²) < 4.78 is 27.5. The number of benzene rings is 1. The second-order valence-corrected chi connectivity index (χ2v) is 8.22. The van der Waals surface area contributed by atoms with Crippen LogP contribution in [-0.4, -0.2) is 56.0 Å². The third-order valence-corrected chi connectivity index (χ3v) is 5.74. The molecule has 2 aliphatic heterocycles. The summed E-state index contributed by atoms with van der Waals surface area (Å²) in [5, 5.41) is 19.1. The minimum absolute atomic E-state index is 0.0711. The first-order chi connectivity index (χ1) is 14.4. The van der Waals surface area contributed by atoms with Crippen LogP contribution in [0, 0.1) is 5.82 Å². The third kappa shape index (κ3) is 3.23. The number of nitrogens with zero attached hydrogens (tertiary/aromatic N) is 4. The lowest BCUT2D eigenvalue weighted by Gasteiger charge is -2.32. The van der Waals surface area contributed by atoms with E-state index >= 15 is 0 Å². The second-order valence-electron chi connectivity index (χ2n) is 8.22. The zero-order valence-electron chi connectivity index (χ0n) is 17.0. The van der Waals surface area contributed by atoms with Crippen LogP contribution in [0.25, 0.3) is 22.2 Å². The monoisotopic (exact) mass is 413 g/mol. The molecule has 158 valence electrons. The molecule has 2 fully saturated rings. The molecule has 30 heavy (non-hydrogen) atoms. The Labute approximate surface area is 173 Å². The van der Waals surface area contributed by atoms with Crippen molar-refractivity contribution in [2.45, 2.75) is 50.7 Å². The van der Waals surface area contributed by atoms with Crippen molar-refractivity contribution in [3.05, 3.63) is 35.9 Å². The smallest absolute Gasteiger partial charge is 0.223 e. The number of aliphatic hydroxyl groups is 1. The molecule has 2 bridgehead atoms. The molecule has 0 spiro atoms. The number of nitrogens with one attached hydrogen (secondary N) is 1. The van der Waals surface area contributed by atoms with Gasteiger partial charge in [0.25, 0.3) is 0 Å². The topological polar surface area (TPSA) is 94.3 Å². The van der Waals surface area contributed by atoms with E-state index in [1.807, 2.05) is 29.9 Å². The lowest BCUT2D eigenvalue weighted by Crippen LogP contribution is -2.48. The Kier molecular flexibility index (Phi) is 4.68. The van der Waals surface area contributed by atoms with Crippen LogP contribution in [0.3, 0.4) is 0 Å². The highest BCUT2D eigenvalue weighted by atomic mass is 19.1. The van der Waals surface area contributed by atoms with E-state index in [-0.39, 0.29) is 29.7 Å². The molecular weight excluding hydrogens is 389 g/mol. The van der Waals surface area contributed by atoms with Crippen molar-refractivity contribution in [2.24, 2.45) is 7.05 Å². The maximum atomic E-state index is 14.6. The number of rotatable bonds is 4. The molecule has 0 aliphatic carbocycles. The van der Waals surface area contributed by atoms with Gasteiger partial charge >= 0.3 is 0 Å². The van der Waals surface area contributed by atoms with E-state index in [1.165, 1.54) is 0 Å². The number of halogens is 1. The highest BCUT2D eigenvalue weighted by Gasteiger charge is 2.43. The Morgan fingerprint density at radius 2 is 2.17 bits per heavy atom. The molecule has 2 aliphatic rings. The molecule has 1 aromatic carbocycles. The molecule has 9 heteroatoms. The van der Waals surface area contributed by atoms with Gasteiger partial charge in [0.05, 0.1) is 30.5 Å². The van der Waals surface area contributed by atoms with Crippen LogP contribution >= 0.6 is 0 Å². The Hall–Kier alpha value is -2.62. The molecule has 0 radical (unpaired) electrons. The Bertz CT molecular complexity index is 1100. The highest BCUT2D eigenvalue weighted by Crippen LogP contribution is 2.32. The molecule has 0 unspecified atom stereocenters. The van der Waals surface area contributed by atoms with E-state index in [2.05, 4.69) is 34.2 Å². The van der Waals surface area contributed by atoms with Crippen molar-refractivity contribution in [3.8, 4) is 11.3 Å². The van der Waals surface area contributed by atoms with Crippen molar-refractivity contribution >= 4 is 16.9 Å². The number of hydrogen-bond donors (Lipinski definition) is 2. The summed E-state index contributed by atoms with van der Waals surface area (Å²) in [5.74, 6) is 0.0215. The summed E-state index contributed by atoms with van der Waals surface area (Å²) >= 11 is 0. The van der Waals surface area contributed by atoms with Crippen LogP contribution in [0.15, 0.2) is 24.4 Å². The fraction of sp³-hybridized carbons (Fsp3) is 0.476. The van der Waals surface area contributed by atoms with Crippen LogP contribution < -0.4 is 5.32 Å². The van der Waals surface area contributed by atoms with Gasteiger partial charge in [0, 0.05) is 23.7 Å².